The van der Waals surface area contributed by atoms with Crippen molar-refractivity contribution in [2.24, 2.45) is 0 Å². The van der Waals surface area contributed by atoms with Crippen LogP contribution in [0, 0.1) is 27.7 Å². The summed E-state index contributed by atoms with van der Waals surface area (Å²) in [4.78, 5) is 1.15. The van der Waals surface area contributed by atoms with Crippen LogP contribution < -0.4 is 5.73 Å². The summed E-state index contributed by atoms with van der Waals surface area (Å²) in [5, 5.41) is 1.83. The van der Waals surface area contributed by atoms with Gasteiger partial charge in [0.05, 0.1) is 0 Å². The number of thioether (sulfide) groups is 1. The van der Waals surface area contributed by atoms with Gasteiger partial charge in [-0.25, -0.2) is 0 Å². The molecule has 0 amide bonds. The minimum Gasteiger partial charge on any atom is -0.398 e. The Hall–Kier alpha value is -0.890. The summed E-state index contributed by atoms with van der Waals surface area (Å²) in [7, 11) is 0. The number of nitrogen functional groups attached to an aromatic ring is 1. The van der Waals surface area contributed by atoms with E-state index in [1.807, 2.05) is 5.41 Å². The first-order chi connectivity index (χ1) is 6.50. The van der Waals surface area contributed by atoms with Crippen LogP contribution in [0.25, 0.3) is 0 Å². The second-order valence-corrected chi connectivity index (χ2v) is 4.50. The normalized spacial score (nSPS) is 10.3. The molecule has 76 valence electrons. The molecule has 0 aromatic heterocycles. The van der Waals surface area contributed by atoms with Crippen LogP contribution in [-0.4, -0.2) is 0 Å². The third-order valence-corrected chi connectivity index (χ3v) is 3.81. The number of hydrogen-bond donors (Lipinski definition) is 1. The molecule has 2 heteroatoms. The molecule has 1 rings (SSSR count). The molecule has 1 aromatic rings. The molecule has 14 heavy (non-hydrogen) atoms. The van der Waals surface area contributed by atoms with Crippen LogP contribution in [0.4, 0.5) is 5.69 Å². The molecule has 0 aliphatic carbocycles. The maximum absolute atomic E-state index is 6.07. The van der Waals surface area contributed by atoms with E-state index in [-0.39, 0.29) is 0 Å². The van der Waals surface area contributed by atoms with Crippen LogP contribution in [0.15, 0.2) is 16.9 Å². The lowest BCUT2D eigenvalue weighted by Crippen LogP contribution is -2.00. The molecular weight excluding hydrogens is 190 g/mol. The highest BCUT2D eigenvalue weighted by Gasteiger charge is 2.11. The van der Waals surface area contributed by atoms with Gasteiger partial charge in [0.1, 0.15) is 0 Å². The maximum Gasteiger partial charge on any atom is 0.0490 e. The van der Waals surface area contributed by atoms with Crippen LogP contribution >= 0.6 is 11.8 Å². The number of hydrogen-bond acceptors (Lipinski definition) is 2. The lowest BCUT2D eigenvalue weighted by Gasteiger charge is -2.16. The van der Waals surface area contributed by atoms with Crippen LogP contribution in [0.1, 0.15) is 22.3 Å². The lowest BCUT2D eigenvalue weighted by atomic mass is 9.98. The Morgan fingerprint density at radius 3 is 2.00 bits per heavy atom. The first-order valence-corrected chi connectivity index (χ1v) is 5.52. The van der Waals surface area contributed by atoms with E-state index in [9.17, 15) is 0 Å². The molecule has 2 N–H and O–H groups in total. The van der Waals surface area contributed by atoms with Crippen molar-refractivity contribution in [1.29, 1.82) is 0 Å². The highest BCUT2D eigenvalue weighted by Crippen LogP contribution is 2.35. The van der Waals surface area contributed by atoms with Crippen LogP contribution in [0.5, 0.6) is 0 Å². The van der Waals surface area contributed by atoms with E-state index in [4.69, 9.17) is 5.73 Å². The third-order valence-electron chi connectivity index (χ3n) is 2.88. The molecular formula is C12H17NS. The fourth-order valence-corrected chi connectivity index (χ4v) is 2.32. The molecule has 0 atom stereocenters. The van der Waals surface area contributed by atoms with E-state index in [2.05, 4.69) is 34.3 Å². The minimum absolute atomic E-state index is 0.899. The predicted molar refractivity (Wildman–Crippen MR) is 65.9 cm³/mol. The van der Waals surface area contributed by atoms with Crippen molar-refractivity contribution in [2.75, 3.05) is 5.73 Å². The lowest BCUT2D eigenvalue weighted by molar-refractivity contribution is 1.15. The molecule has 0 heterocycles. The van der Waals surface area contributed by atoms with Crippen molar-refractivity contribution < 1.29 is 0 Å². The van der Waals surface area contributed by atoms with E-state index in [0.29, 0.717) is 0 Å². The van der Waals surface area contributed by atoms with Crippen molar-refractivity contribution >= 4 is 17.4 Å². The van der Waals surface area contributed by atoms with Gasteiger partial charge >= 0.3 is 0 Å². The highest BCUT2D eigenvalue weighted by molar-refractivity contribution is 8.02. The van der Waals surface area contributed by atoms with Gasteiger partial charge in [0, 0.05) is 10.6 Å². The van der Waals surface area contributed by atoms with Crippen molar-refractivity contribution in [3.8, 4) is 0 Å². The monoisotopic (exact) mass is 207 g/mol. The summed E-state index contributed by atoms with van der Waals surface area (Å²) in [5.74, 6) is 0. The Bertz CT molecular complexity index is 351. The second kappa shape index (κ2) is 4.09. The largest absolute Gasteiger partial charge is 0.398 e. The van der Waals surface area contributed by atoms with E-state index in [1.54, 1.807) is 11.8 Å². The molecule has 1 aromatic carbocycles. The first kappa shape index (κ1) is 11.2. The zero-order valence-corrected chi connectivity index (χ0v) is 10.1. The molecule has 0 aliphatic rings. The standard InChI is InChI=1S/C12H17NS/c1-6-14-12-10(5)8(3)7(2)9(4)11(12)13/h6H,1,13H2,2-5H3. The summed E-state index contributed by atoms with van der Waals surface area (Å²) in [6, 6.07) is 0. The minimum atomic E-state index is 0.899. The zero-order chi connectivity index (χ0) is 10.9. The molecule has 0 spiro atoms. The Morgan fingerprint density at radius 2 is 1.50 bits per heavy atom. The van der Waals surface area contributed by atoms with Crippen LogP contribution in [0.2, 0.25) is 0 Å². The Balaban J connectivity index is 3.50. The molecule has 0 saturated carbocycles. The number of nitrogens with two attached hydrogens (primary N) is 1. The number of benzene rings is 1. The molecule has 0 radical (unpaired) electrons. The molecule has 0 unspecified atom stereocenters. The van der Waals surface area contributed by atoms with Gasteiger partial charge in [-0.15, -0.1) is 0 Å². The van der Waals surface area contributed by atoms with Crippen molar-refractivity contribution in [3.63, 3.8) is 0 Å². The van der Waals surface area contributed by atoms with Crippen LogP contribution in [0.3, 0.4) is 0 Å². The zero-order valence-electron chi connectivity index (χ0n) is 9.27. The fraction of sp³-hybridized carbons (Fsp3) is 0.333. The van der Waals surface area contributed by atoms with Gasteiger partial charge in [-0.1, -0.05) is 18.3 Å². The van der Waals surface area contributed by atoms with E-state index < -0.39 is 0 Å². The summed E-state index contributed by atoms with van der Waals surface area (Å²) < 4.78 is 0. The average Bonchev–Trinajstić information content (AvgIpc) is 2.19. The number of rotatable bonds is 2. The smallest absolute Gasteiger partial charge is 0.0490 e. The second-order valence-electron chi connectivity index (χ2n) is 3.53. The summed E-state index contributed by atoms with van der Waals surface area (Å²) >= 11 is 1.60. The highest BCUT2D eigenvalue weighted by atomic mass is 32.2. The first-order valence-electron chi connectivity index (χ1n) is 4.64. The van der Waals surface area contributed by atoms with E-state index in [1.165, 1.54) is 22.3 Å². The third kappa shape index (κ3) is 1.67. The fourth-order valence-electron chi connectivity index (χ4n) is 1.54. The van der Waals surface area contributed by atoms with Crippen LogP contribution in [-0.2, 0) is 0 Å². The van der Waals surface area contributed by atoms with Crippen molar-refractivity contribution in [3.05, 3.63) is 34.2 Å². The van der Waals surface area contributed by atoms with Gasteiger partial charge in [-0.05, 0) is 55.4 Å². The van der Waals surface area contributed by atoms with E-state index >= 15 is 0 Å². The van der Waals surface area contributed by atoms with Gasteiger partial charge < -0.3 is 5.73 Å². The van der Waals surface area contributed by atoms with Gasteiger partial charge in [0.25, 0.3) is 0 Å². The molecule has 0 fully saturated rings. The quantitative estimate of drug-likeness (QED) is 0.590. The van der Waals surface area contributed by atoms with Gasteiger partial charge in [-0.2, -0.15) is 0 Å². The maximum atomic E-state index is 6.07. The average molecular weight is 207 g/mol. The predicted octanol–water partition coefficient (Wildman–Crippen LogP) is 3.74. The Morgan fingerprint density at radius 1 is 1.00 bits per heavy atom. The summed E-state index contributed by atoms with van der Waals surface area (Å²) in [6.45, 7) is 12.2. The summed E-state index contributed by atoms with van der Waals surface area (Å²) in [5.41, 5.74) is 12.1. The van der Waals surface area contributed by atoms with Gasteiger partial charge in [0.15, 0.2) is 0 Å². The summed E-state index contributed by atoms with van der Waals surface area (Å²) in [6.07, 6.45) is 0. The van der Waals surface area contributed by atoms with Gasteiger partial charge in [0.2, 0.25) is 0 Å². The Labute approximate surface area is 90.4 Å². The van der Waals surface area contributed by atoms with Gasteiger partial charge in [-0.3, -0.25) is 0 Å². The molecule has 1 nitrogen and oxygen atoms in total. The SMILES string of the molecule is C=CSc1c(C)c(C)c(C)c(C)c1N. The van der Waals surface area contributed by atoms with Crippen molar-refractivity contribution in [1.82, 2.24) is 0 Å². The molecule has 0 saturated heterocycles. The number of anilines is 1. The molecule has 0 bridgehead atoms. The Kier molecular flexibility index (Phi) is 3.27. The van der Waals surface area contributed by atoms with E-state index in [0.717, 1.165) is 10.6 Å². The van der Waals surface area contributed by atoms with Crippen molar-refractivity contribution in [2.45, 2.75) is 32.6 Å². The molecule has 0 aliphatic heterocycles. The topological polar surface area (TPSA) is 26.0 Å².